The van der Waals surface area contributed by atoms with Crippen molar-refractivity contribution < 1.29 is 9.53 Å². The van der Waals surface area contributed by atoms with Crippen LogP contribution < -0.4 is 4.74 Å². The molecule has 0 spiro atoms. The Labute approximate surface area is 174 Å². The summed E-state index contributed by atoms with van der Waals surface area (Å²) >= 11 is 7.80. The fourth-order valence-electron chi connectivity index (χ4n) is 2.76. The molecule has 4 nitrogen and oxygen atoms in total. The highest BCUT2D eigenvalue weighted by atomic mass is 35.5. The first-order valence-electron chi connectivity index (χ1n) is 8.76. The summed E-state index contributed by atoms with van der Waals surface area (Å²) in [7, 11) is 3.38. The van der Waals surface area contributed by atoms with Gasteiger partial charge in [-0.3, -0.25) is 9.78 Å². The average Bonchev–Trinajstić information content (AvgIpc) is 2.73. The first kappa shape index (κ1) is 20.2. The van der Waals surface area contributed by atoms with Crippen LogP contribution in [-0.2, 0) is 12.3 Å². The van der Waals surface area contributed by atoms with Gasteiger partial charge in [-0.1, -0.05) is 17.7 Å². The Morgan fingerprint density at radius 1 is 1.18 bits per heavy atom. The molecule has 1 amide bonds. The number of aromatic nitrogens is 1. The molecule has 6 heteroatoms. The lowest BCUT2D eigenvalue weighted by Gasteiger charge is -2.19. The van der Waals surface area contributed by atoms with Crippen molar-refractivity contribution in [2.24, 2.45) is 0 Å². The zero-order valence-corrected chi connectivity index (χ0v) is 17.3. The van der Waals surface area contributed by atoms with Crippen molar-refractivity contribution in [3.8, 4) is 5.75 Å². The normalized spacial score (nSPS) is 10.5. The summed E-state index contributed by atoms with van der Waals surface area (Å²) < 4.78 is 5.36. The van der Waals surface area contributed by atoms with E-state index in [0.717, 1.165) is 16.2 Å². The molecule has 0 unspecified atom stereocenters. The Balaban J connectivity index is 1.63. The van der Waals surface area contributed by atoms with Crippen molar-refractivity contribution in [1.29, 1.82) is 0 Å². The number of rotatable bonds is 7. The Morgan fingerprint density at radius 3 is 2.64 bits per heavy atom. The van der Waals surface area contributed by atoms with Gasteiger partial charge >= 0.3 is 0 Å². The van der Waals surface area contributed by atoms with Crippen molar-refractivity contribution in [2.45, 2.75) is 17.2 Å². The summed E-state index contributed by atoms with van der Waals surface area (Å²) in [6.07, 6.45) is 3.63. The number of carbonyl (C=O) groups is 1. The molecule has 0 bridgehead atoms. The van der Waals surface area contributed by atoms with Crippen LogP contribution in [0.15, 0.2) is 71.9 Å². The van der Waals surface area contributed by atoms with Crippen molar-refractivity contribution in [2.75, 3.05) is 14.2 Å². The smallest absolute Gasteiger partial charge is 0.253 e. The van der Waals surface area contributed by atoms with Gasteiger partial charge in [0.1, 0.15) is 5.75 Å². The maximum atomic E-state index is 12.8. The third kappa shape index (κ3) is 5.27. The van der Waals surface area contributed by atoms with E-state index in [2.05, 4.69) is 11.1 Å². The highest BCUT2D eigenvalue weighted by Crippen LogP contribution is 2.25. The number of carbonyl (C=O) groups excluding carboxylic acids is 1. The maximum absolute atomic E-state index is 12.8. The van der Waals surface area contributed by atoms with Gasteiger partial charge in [0.2, 0.25) is 0 Å². The summed E-state index contributed by atoms with van der Waals surface area (Å²) in [4.78, 5) is 19.7. The largest absolute Gasteiger partial charge is 0.496 e. The highest BCUT2D eigenvalue weighted by molar-refractivity contribution is 7.98. The molecule has 1 heterocycles. The van der Waals surface area contributed by atoms with Gasteiger partial charge in [-0.15, -0.1) is 11.8 Å². The van der Waals surface area contributed by atoms with E-state index in [1.807, 2.05) is 48.7 Å². The molecule has 0 aliphatic heterocycles. The third-order valence-corrected chi connectivity index (χ3v) is 5.54. The minimum absolute atomic E-state index is 0.0502. The molecule has 0 saturated heterocycles. The van der Waals surface area contributed by atoms with Gasteiger partial charge < -0.3 is 9.64 Å². The molecule has 0 fully saturated rings. The van der Waals surface area contributed by atoms with Crippen LogP contribution in [0.25, 0.3) is 0 Å². The number of pyridine rings is 1. The second kappa shape index (κ2) is 9.62. The minimum Gasteiger partial charge on any atom is -0.496 e. The molecular weight excluding hydrogens is 392 g/mol. The maximum Gasteiger partial charge on any atom is 0.253 e. The average molecular weight is 413 g/mol. The van der Waals surface area contributed by atoms with E-state index in [-0.39, 0.29) is 5.91 Å². The molecule has 0 aliphatic carbocycles. The Morgan fingerprint density at radius 2 is 1.96 bits per heavy atom. The van der Waals surface area contributed by atoms with Crippen LogP contribution in [0.4, 0.5) is 0 Å². The lowest BCUT2D eigenvalue weighted by molar-refractivity contribution is 0.0784. The predicted octanol–water partition coefficient (Wildman–Crippen LogP) is 5.31. The lowest BCUT2D eigenvalue weighted by atomic mass is 10.1. The molecule has 28 heavy (non-hydrogen) atoms. The second-order valence-corrected chi connectivity index (χ2v) is 7.78. The van der Waals surface area contributed by atoms with Gasteiger partial charge in [0, 0.05) is 52.8 Å². The fourth-order valence-corrected chi connectivity index (χ4v) is 3.79. The predicted molar refractivity (Wildman–Crippen MR) is 114 cm³/mol. The van der Waals surface area contributed by atoms with E-state index in [0.29, 0.717) is 22.9 Å². The topological polar surface area (TPSA) is 42.4 Å². The van der Waals surface area contributed by atoms with Crippen LogP contribution in [0.3, 0.4) is 0 Å². The summed E-state index contributed by atoms with van der Waals surface area (Å²) in [6, 6.07) is 17.1. The molecule has 0 atom stereocenters. The molecule has 0 radical (unpaired) electrons. The quantitative estimate of drug-likeness (QED) is 0.493. The highest BCUT2D eigenvalue weighted by Gasteiger charge is 2.14. The number of halogens is 1. The molecule has 1 aromatic heterocycles. The summed E-state index contributed by atoms with van der Waals surface area (Å²) in [6.45, 7) is 0.417. The van der Waals surface area contributed by atoms with Gasteiger partial charge in [-0.25, -0.2) is 0 Å². The molecule has 144 valence electrons. The summed E-state index contributed by atoms with van der Waals surface area (Å²) in [5.41, 5.74) is 2.69. The number of ether oxygens (including phenoxy) is 1. The number of amides is 1. The fraction of sp³-hybridized carbons (Fsp3) is 0.182. The molecule has 0 N–H and O–H groups in total. The van der Waals surface area contributed by atoms with E-state index >= 15 is 0 Å². The number of thioether (sulfide) groups is 1. The Hall–Kier alpha value is -2.50. The molecule has 3 rings (SSSR count). The van der Waals surface area contributed by atoms with Crippen molar-refractivity contribution in [1.82, 2.24) is 9.88 Å². The minimum atomic E-state index is -0.0502. The molecule has 0 saturated carbocycles. The molecule has 0 aliphatic rings. The molecule has 2 aromatic carbocycles. The first-order chi connectivity index (χ1) is 13.6. The van der Waals surface area contributed by atoms with Crippen molar-refractivity contribution >= 4 is 29.3 Å². The first-order valence-corrected chi connectivity index (χ1v) is 10.1. The number of nitrogens with zero attached hydrogens (tertiary/aromatic N) is 2. The van der Waals surface area contributed by atoms with Crippen molar-refractivity contribution in [3.63, 3.8) is 0 Å². The van der Waals surface area contributed by atoms with Crippen LogP contribution in [0.2, 0.25) is 5.02 Å². The van der Waals surface area contributed by atoms with E-state index in [4.69, 9.17) is 16.3 Å². The third-order valence-electron chi connectivity index (χ3n) is 4.23. The molecular formula is C22H21ClN2O2S. The van der Waals surface area contributed by atoms with E-state index < -0.39 is 0 Å². The van der Waals surface area contributed by atoms with Crippen molar-refractivity contribution in [3.05, 3.63) is 88.7 Å². The Bertz CT molecular complexity index is 933. The van der Waals surface area contributed by atoms with Gasteiger partial charge in [0.05, 0.1) is 7.11 Å². The summed E-state index contributed by atoms with van der Waals surface area (Å²) in [5.74, 6) is 1.51. The SMILES string of the molecule is COc1ccc(Cl)cc1CN(C)C(=O)c1ccc(SCc2cccnc2)cc1. The van der Waals surface area contributed by atoms with Crippen LogP contribution in [0.1, 0.15) is 21.5 Å². The molecule has 3 aromatic rings. The van der Waals surface area contributed by atoms with Gasteiger partial charge in [0.15, 0.2) is 0 Å². The van der Waals surface area contributed by atoms with Gasteiger partial charge in [-0.2, -0.15) is 0 Å². The van der Waals surface area contributed by atoms with Crippen LogP contribution in [0, 0.1) is 0 Å². The van der Waals surface area contributed by atoms with Crippen LogP contribution >= 0.6 is 23.4 Å². The lowest BCUT2D eigenvalue weighted by Crippen LogP contribution is -2.26. The van der Waals surface area contributed by atoms with E-state index in [9.17, 15) is 4.79 Å². The number of benzene rings is 2. The number of hydrogen-bond acceptors (Lipinski definition) is 4. The second-order valence-electron chi connectivity index (χ2n) is 6.29. The standard InChI is InChI=1S/C22H21ClN2O2S/c1-25(14-18-12-19(23)7-10-21(18)27-2)22(26)17-5-8-20(9-6-17)28-15-16-4-3-11-24-13-16/h3-13H,14-15H2,1-2H3. The van der Waals surface area contributed by atoms with Gasteiger partial charge in [0.25, 0.3) is 5.91 Å². The van der Waals surface area contributed by atoms with Crippen LogP contribution in [-0.4, -0.2) is 29.9 Å². The van der Waals surface area contributed by atoms with Gasteiger partial charge in [-0.05, 0) is 54.1 Å². The zero-order valence-electron chi connectivity index (χ0n) is 15.8. The Kier molecular flexibility index (Phi) is 6.95. The number of methoxy groups -OCH3 is 1. The monoisotopic (exact) mass is 412 g/mol. The zero-order chi connectivity index (χ0) is 19.9. The van der Waals surface area contributed by atoms with E-state index in [1.54, 1.807) is 43.1 Å². The van der Waals surface area contributed by atoms with Crippen LogP contribution in [0.5, 0.6) is 5.75 Å². The number of hydrogen-bond donors (Lipinski definition) is 0. The summed E-state index contributed by atoms with van der Waals surface area (Å²) in [5, 5.41) is 0.617. The van der Waals surface area contributed by atoms with E-state index in [1.165, 1.54) is 5.56 Å².